The third kappa shape index (κ3) is 6.97. The van der Waals surface area contributed by atoms with Gasteiger partial charge in [0.15, 0.2) is 0 Å². The molecule has 2 aromatic carbocycles. The summed E-state index contributed by atoms with van der Waals surface area (Å²) in [5.74, 6) is 0.340. The molecule has 180 valence electrons. The van der Waals surface area contributed by atoms with Crippen LogP contribution >= 0.6 is 0 Å². The highest BCUT2D eigenvalue weighted by Crippen LogP contribution is 2.21. The summed E-state index contributed by atoms with van der Waals surface area (Å²) in [4.78, 5) is 4.32. The van der Waals surface area contributed by atoms with Crippen LogP contribution in [0.25, 0.3) is 0 Å². The van der Waals surface area contributed by atoms with Crippen LogP contribution in [0.2, 0.25) is 0 Å². The van der Waals surface area contributed by atoms with E-state index in [1.54, 1.807) is 24.3 Å². The van der Waals surface area contributed by atoms with E-state index in [0.717, 1.165) is 11.1 Å². The quantitative estimate of drug-likeness (QED) is 0.285. The summed E-state index contributed by atoms with van der Waals surface area (Å²) in [5.41, 5.74) is 2.28. The highest BCUT2D eigenvalue weighted by atomic mass is 32.2. The molecule has 1 heterocycles. The molecule has 0 radical (unpaired) electrons. The lowest BCUT2D eigenvalue weighted by Crippen LogP contribution is -2.10. The van der Waals surface area contributed by atoms with Crippen LogP contribution in [0.3, 0.4) is 0 Å². The summed E-state index contributed by atoms with van der Waals surface area (Å²) < 4.78 is 65.8. The minimum absolute atomic E-state index is 0.0184. The van der Waals surface area contributed by atoms with E-state index in [1.165, 1.54) is 42.5 Å². The van der Waals surface area contributed by atoms with Gasteiger partial charge in [-0.25, -0.2) is 0 Å². The highest BCUT2D eigenvalue weighted by Gasteiger charge is 2.18. The monoisotopic (exact) mass is 503 g/mol. The van der Waals surface area contributed by atoms with Gasteiger partial charge in [0.25, 0.3) is 20.2 Å². The summed E-state index contributed by atoms with van der Waals surface area (Å²) in [7, 11) is -8.03. The first-order chi connectivity index (χ1) is 16.1. The lowest BCUT2D eigenvalue weighted by atomic mass is 10.2. The number of hydrogen-bond acceptors (Lipinski definition) is 8. The first-order valence-corrected chi connectivity index (χ1v) is 13.1. The van der Waals surface area contributed by atoms with E-state index in [0.29, 0.717) is 5.75 Å². The minimum atomic E-state index is -4.02. The van der Waals surface area contributed by atoms with E-state index in [2.05, 4.69) is 11.6 Å². The van der Waals surface area contributed by atoms with Gasteiger partial charge in [0, 0.05) is 12.1 Å². The number of benzene rings is 2. The Morgan fingerprint density at radius 1 is 0.765 bits per heavy atom. The Bertz CT molecular complexity index is 1250. The van der Waals surface area contributed by atoms with Crippen molar-refractivity contribution in [2.45, 2.75) is 36.9 Å². The van der Waals surface area contributed by atoms with Crippen LogP contribution in [0, 0.1) is 13.8 Å². The summed E-state index contributed by atoms with van der Waals surface area (Å²) in [5, 5.41) is 0. The van der Waals surface area contributed by atoms with Crippen molar-refractivity contribution >= 4 is 20.2 Å². The zero-order chi connectivity index (χ0) is 24.8. The second-order valence-electron chi connectivity index (χ2n) is 7.44. The molecule has 10 heteroatoms. The molecule has 0 saturated heterocycles. The van der Waals surface area contributed by atoms with Crippen molar-refractivity contribution in [3.05, 3.63) is 95.8 Å². The predicted octanol–water partition coefficient (Wildman–Crippen LogP) is 4.07. The van der Waals surface area contributed by atoms with E-state index in [1.807, 2.05) is 13.8 Å². The van der Waals surface area contributed by atoms with Gasteiger partial charge in [0.05, 0.1) is 21.2 Å². The standard InChI is InChI=1S/C24H25NO7S2/c1-4-13-30-22-14-20(16-31-33(26,27)23-9-5-18(2)6-10-23)25-21(15-22)17-32-34(28,29)24-11-7-19(3)8-12-24/h4-12,14-15H,1,13,16-17H2,2-3H3. The molecule has 0 fully saturated rings. The summed E-state index contributed by atoms with van der Waals surface area (Å²) in [6, 6.07) is 15.5. The molecule has 0 saturated carbocycles. The van der Waals surface area contributed by atoms with Crippen molar-refractivity contribution in [1.82, 2.24) is 4.98 Å². The molecule has 0 unspecified atom stereocenters. The molecule has 34 heavy (non-hydrogen) atoms. The Hall–Kier alpha value is -3.05. The maximum atomic E-state index is 12.5. The first-order valence-electron chi connectivity index (χ1n) is 10.2. The number of aromatic nitrogens is 1. The van der Waals surface area contributed by atoms with Crippen molar-refractivity contribution < 1.29 is 29.9 Å². The van der Waals surface area contributed by atoms with Gasteiger partial charge in [0.1, 0.15) is 25.6 Å². The summed E-state index contributed by atoms with van der Waals surface area (Å²) in [6.07, 6.45) is 1.54. The van der Waals surface area contributed by atoms with E-state index in [9.17, 15) is 16.8 Å². The van der Waals surface area contributed by atoms with Crippen molar-refractivity contribution in [3.63, 3.8) is 0 Å². The fourth-order valence-electron chi connectivity index (χ4n) is 2.83. The zero-order valence-electron chi connectivity index (χ0n) is 18.8. The van der Waals surface area contributed by atoms with Crippen LogP contribution in [0.4, 0.5) is 0 Å². The largest absolute Gasteiger partial charge is 0.489 e. The highest BCUT2D eigenvalue weighted by molar-refractivity contribution is 7.87. The molecule has 8 nitrogen and oxygen atoms in total. The van der Waals surface area contributed by atoms with Gasteiger partial charge in [-0.3, -0.25) is 13.4 Å². The van der Waals surface area contributed by atoms with E-state index in [-0.39, 0.29) is 41.0 Å². The molecule has 0 aliphatic heterocycles. The number of pyridine rings is 1. The number of aryl methyl sites for hydroxylation is 2. The lowest BCUT2D eigenvalue weighted by Gasteiger charge is -2.11. The SMILES string of the molecule is C=CCOc1cc(COS(=O)(=O)c2ccc(C)cc2)nc(COS(=O)(=O)c2ccc(C)cc2)c1. The number of ether oxygens (including phenoxy) is 1. The number of rotatable bonds is 11. The molecule has 3 aromatic rings. The maximum absolute atomic E-state index is 12.5. The van der Waals surface area contributed by atoms with Gasteiger partial charge < -0.3 is 4.74 Å². The lowest BCUT2D eigenvalue weighted by molar-refractivity contribution is 0.290. The maximum Gasteiger partial charge on any atom is 0.297 e. The average molecular weight is 504 g/mol. The van der Waals surface area contributed by atoms with Crippen molar-refractivity contribution in [1.29, 1.82) is 0 Å². The van der Waals surface area contributed by atoms with E-state index < -0.39 is 20.2 Å². The van der Waals surface area contributed by atoms with Crippen LogP contribution in [0.5, 0.6) is 5.75 Å². The topological polar surface area (TPSA) is 109 Å². The van der Waals surface area contributed by atoms with Gasteiger partial charge in [-0.15, -0.1) is 0 Å². The normalized spacial score (nSPS) is 11.8. The first kappa shape index (κ1) is 25.6. The van der Waals surface area contributed by atoms with Crippen LogP contribution in [0.15, 0.2) is 83.1 Å². The van der Waals surface area contributed by atoms with Crippen LogP contribution < -0.4 is 4.74 Å². The van der Waals surface area contributed by atoms with E-state index >= 15 is 0 Å². The molecule has 0 spiro atoms. The zero-order valence-corrected chi connectivity index (χ0v) is 20.4. The van der Waals surface area contributed by atoms with Gasteiger partial charge in [-0.1, -0.05) is 48.0 Å². The molecule has 0 N–H and O–H groups in total. The predicted molar refractivity (Wildman–Crippen MR) is 126 cm³/mol. The van der Waals surface area contributed by atoms with Crippen LogP contribution in [-0.4, -0.2) is 28.4 Å². The van der Waals surface area contributed by atoms with Crippen LogP contribution in [0.1, 0.15) is 22.5 Å². The fourth-order valence-corrected chi connectivity index (χ4v) is 4.59. The smallest absolute Gasteiger partial charge is 0.297 e. The molecule has 3 rings (SSSR count). The molecular formula is C24H25NO7S2. The molecule has 0 atom stereocenters. The summed E-state index contributed by atoms with van der Waals surface area (Å²) >= 11 is 0. The molecule has 0 amide bonds. The number of hydrogen-bond donors (Lipinski definition) is 0. The van der Waals surface area contributed by atoms with Gasteiger partial charge >= 0.3 is 0 Å². The Balaban J connectivity index is 1.78. The third-order valence-corrected chi connectivity index (χ3v) is 7.17. The molecule has 0 bridgehead atoms. The molecule has 0 aliphatic rings. The summed E-state index contributed by atoms with van der Waals surface area (Å²) in [6.45, 7) is 6.72. The molecular weight excluding hydrogens is 478 g/mol. The van der Waals surface area contributed by atoms with Crippen molar-refractivity contribution in [2.24, 2.45) is 0 Å². The van der Waals surface area contributed by atoms with Crippen LogP contribution in [-0.2, 0) is 41.8 Å². The Kier molecular flexibility index (Phi) is 8.21. The van der Waals surface area contributed by atoms with Gasteiger partial charge in [0.2, 0.25) is 0 Å². The van der Waals surface area contributed by atoms with Gasteiger partial charge in [-0.2, -0.15) is 16.8 Å². The van der Waals surface area contributed by atoms with Crippen molar-refractivity contribution in [3.8, 4) is 5.75 Å². The minimum Gasteiger partial charge on any atom is -0.489 e. The number of nitrogens with zero attached hydrogens (tertiary/aromatic N) is 1. The second-order valence-corrected chi connectivity index (χ2v) is 10.7. The van der Waals surface area contributed by atoms with E-state index in [4.69, 9.17) is 13.1 Å². The Labute approximate surface area is 200 Å². The third-order valence-electron chi connectivity index (χ3n) is 4.62. The second kappa shape index (κ2) is 10.9. The Morgan fingerprint density at radius 2 is 1.18 bits per heavy atom. The molecule has 1 aromatic heterocycles. The fraction of sp³-hybridized carbons (Fsp3) is 0.208. The molecule has 0 aliphatic carbocycles. The average Bonchev–Trinajstić information content (AvgIpc) is 2.81. The van der Waals surface area contributed by atoms with Gasteiger partial charge in [-0.05, 0) is 38.1 Å². The van der Waals surface area contributed by atoms with Crippen molar-refractivity contribution in [2.75, 3.05) is 6.61 Å². The Morgan fingerprint density at radius 3 is 1.56 bits per heavy atom.